The standard InChI is InChI=1S/C17H21N3O3/c21-11-13-7-10-20(13)16(22)12-5-8-19(9-6-12)17-18-14-3-1-2-4-15(14)23-17/h1-4,12-13,21H,5-11H2. The Kier molecular flexibility index (Phi) is 3.69. The van der Waals surface area contributed by atoms with Crippen LogP contribution in [0.3, 0.4) is 0 Å². The molecule has 1 atom stereocenters. The van der Waals surface area contributed by atoms with E-state index in [-0.39, 0.29) is 24.5 Å². The normalized spacial score (nSPS) is 22.4. The average molecular weight is 315 g/mol. The number of anilines is 1. The number of para-hydroxylation sites is 2. The lowest BCUT2D eigenvalue weighted by molar-refractivity contribution is -0.145. The second kappa shape index (κ2) is 5.85. The fraction of sp³-hybridized carbons (Fsp3) is 0.529. The zero-order valence-electron chi connectivity index (χ0n) is 13.0. The third-order valence-corrected chi connectivity index (χ3v) is 5.04. The molecular formula is C17H21N3O3. The summed E-state index contributed by atoms with van der Waals surface area (Å²) >= 11 is 0. The second-order valence-electron chi connectivity index (χ2n) is 6.38. The lowest BCUT2D eigenvalue weighted by atomic mass is 9.92. The van der Waals surface area contributed by atoms with Crippen LogP contribution in [0.15, 0.2) is 28.7 Å². The Balaban J connectivity index is 1.40. The summed E-state index contributed by atoms with van der Waals surface area (Å²) in [5.74, 6) is 0.262. The molecule has 3 heterocycles. The number of carbonyl (C=O) groups is 1. The van der Waals surface area contributed by atoms with Gasteiger partial charge in [-0.3, -0.25) is 4.79 Å². The Morgan fingerprint density at radius 3 is 2.65 bits per heavy atom. The highest BCUT2D eigenvalue weighted by molar-refractivity contribution is 5.80. The van der Waals surface area contributed by atoms with Crippen molar-refractivity contribution in [3.63, 3.8) is 0 Å². The van der Waals surface area contributed by atoms with Crippen molar-refractivity contribution in [2.75, 3.05) is 31.1 Å². The van der Waals surface area contributed by atoms with Crippen molar-refractivity contribution in [3.8, 4) is 0 Å². The van der Waals surface area contributed by atoms with Gasteiger partial charge in [-0.2, -0.15) is 4.98 Å². The topological polar surface area (TPSA) is 69.8 Å². The molecule has 0 saturated carbocycles. The van der Waals surface area contributed by atoms with Crippen molar-refractivity contribution >= 4 is 23.0 Å². The van der Waals surface area contributed by atoms with Crippen LogP contribution in [0.1, 0.15) is 19.3 Å². The molecule has 1 unspecified atom stereocenters. The van der Waals surface area contributed by atoms with Crippen LogP contribution in [-0.2, 0) is 4.79 Å². The minimum Gasteiger partial charge on any atom is -0.423 e. The van der Waals surface area contributed by atoms with Crippen LogP contribution in [-0.4, -0.2) is 53.2 Å². The first-order chi connectivity index (χ1) is 11.3. The monoisotopic (exact) mass is 315 g/mol. The van der Waals surface area contributed by atoms with Gasteiger partial charge in [0.05, 0.1) is 12.6 Å². The summed E-state index contributed by atoms with van der Waals surface area (Å²) in [5, 5.41) is 9.24. The summed E-state index contributed by atoms with van der Waals surface area (Å²) < 4.78 is 5.80. The number of hydrogen-bond donors (Lipinski definition) is 1. The highest BCUT2D eigenvalue weighted by Crippen LogP contribution is 2.29. The van der Waals surface area contributed by atoms with E-state index in [1.807, 2.05) is 29.2 Å². The van der Waals surface area contributed by atoms with Crippen LogP contribution in [0.2, 0.25) is 0 Å². The summed E-state index contributed by atoms with van der Waals surface area (Å²) in [4.78, 5) is 21.0. The summed E-state index contributed by atoms with van der Waals surface area (Å²) in [7, 11) is 0. The Bertz CT molecular complexity index is 671. The fourth-order valence-corrected chi connectivity index (χ4v) is 3.47. The summed E-state index contributed by atoms with van der Waals surface area (Å²) in [6.07, 6.45) is 2.54. The molecule has 122 valence electrons. The minimum absolute atomic E-state index is 0.0394. The molecule has 1 amide bonds. The lowest BCUT2D eigenvalue weighted by Gasteiger charge is -2.43. The van der Waals surface area contributed by atoms with Gasteiger partial charge < -0.3 is 19.3 Å². The Morgan fingerprint density at radius 2 is 2.00 bits per heavy atom. The van der Waals surface area contributed by atoms with Gasteiger partial charge in [0.15, 0.2) is 5.58 Å². The number of carbonyl (C=O) groups excluding carboxylic acids is 1. The summed E-state index contributed by atoms with van der Waals surface area (Å²) in [6, 6.07) is 8.43. The van der Waals surface area contributed by atoms with Crippen LogP contribution >= 0.6 is 0 Å². The first-order valence-electron chi connectivity index (χ1n) is 8.28. The Morgan fingerprint density at radius 1 is 1.22 bits per heavy atom. The molecule has 2 fully saturated rings. The van der Waals surface area contributed by atoms with E-state index in [4.69, 9.17) is 4.42 Å². The number of aliphatic hydroxyl groups excluding tert-OH is 1. The summed E-state index contributed by atoms with van der Waals surface area (Å²) in [5.41, 5.74) is 1.67. The quantitative estimate of drug-likeness (QED) is 0.932. The summed E-state index contributed by atoms with van der Waals surface area (Å²) in [6.45, 7) is 2.42. The van der Waals surface area contributed by atoms with E-state index in [1.54, 1.807) is 0 Å². The van der Waals surface area contributed by atoms with E-state index in [0.29, 0.717) is 6.01 Å². The van der Waals surface area contributed by atoms with E-state index in [9.17, 15) is 9.90 Å². The third kappa shape index (κ3) is 2.57. The van der Waals surface area contributed by atoms with Crippen molar-refractivity contribution in [2.45, 2.75) is 25.3 Å². The Hall–Kier alpha value is -2.08. The van der Waals surface area contributed by atoms with Crippen molar-refractivity contribution in [1.82, 2.24) is 9.88 Å². The van der Waals surface area contributed by atoms with Crippen molar-refractivity contribution in [2.24, 2.45) is 5.92 Å². The number of hydrogen-bond acceptors (Lipinski definition) is 5. The van der Waals surface area contributed by atoms with Gasteiger partial charge in [-0.25, -0.2) is 0 Å². The molecule has 0 spiro atoms. The van der Waals surface area contributed by atoms with E-state index < -0.39 is 0 Å². The molecule has 1 aromatic heterocycles. The molecule has 0 bridgehead atoms. The molecule has 2 aliphatic heterocycles. The van der Waals surface area contributed by atoms with Crippen LogP contribution in [0, 0.1) is 5.92 Å². The van der Waals surface area contributed by atoms with Crippen molar-refractivity contribution in [3.05, 3.63) is 24.3 Å². The number of fused-ring (bicyclic) bond motifs is 1. The number of nitrogens with zero attached hydrogens (tertiary/aromatic N) is 3. The highest BCUT2D eigenvalue weighted by atomic mass is 16.4. The predicted molar refractivity (Wildman–Crippen MR) is 86.1 cm³/mol. The van der Waals surface area contributed by atoms with Gasteiger partial charge in [0.2, 0.25) is 5.91 Å². The smallest absolute Gasteiger partial charge is 0.298 e. The molecular weight excluding hydrogens is 294 g/mol. The number of benzene rings is 1. The van der Waals surface area contributed by atoms with Crippen LogP contribution < -0.4 is 4.90 Å². The van der Waals surface area contributed by atoms with Gasteiger partial charge in [0.25, 0.3) is 6.01 Å². The van der Waals surface area contributed by atoms with Gasteiger partial charge in [-0.1, -0.05) is 12.1 Å². The molecule has 4 rings (SSSR count). The minimum atomic E-state index is 0.0394. The van der Waals surface area contributed by atoms with E-state index in [0.717, 1.165) is 50.0 Å². The molecule has 1 N–H and O–H groups in total. The van der Waals surface area contributed by atoms with Gasteiger partial charge in [0, 0.05) is 25.6 Å². The second-order valence-corrected chi connectivity index (χ2v) is 6.38. The van der Waals surface area contributed by atoms with Crippen molar-refractivity contribution < 1.29 is 14.3 Å². The van der Waals surface area contributed by atoms with Crippen LogP contribution in [0.4, 0.5) is 6.01 Å². The fourth-order valence-electron chi connectivity index (χ4n) is 3.47. The predicted octanol–water partition coefficient (Wildman–Crippen LogP) is 1.64. The van der Waals surface area contributed by atoms with Gasteiger partial charge in [-0.05, 0) is 31.4 Å². The Labute approximate surface area is 134 Å². The van der Waals surface area contributed by atoms with E-state index in [1.165, 1.54) is 0 Å². The molecule has 2 aliphatic rings. The molecule has 6 nitrogen and oxygen atoms in total. The van der Waals surface area contributed by atoms with Crippen molar-refractivity contribution in [1.29, 1.82) is 0 Å². The number of likely N-dealkylation sites (tertiary alicyclic amines) is 1. The first-order valence-corrected chi connectivity index (χ1v) is 8.28. The SMILES string of the molecule is O=C(C1CCN(c2nc3ccccc3o2)CC1)N1CCC1CO. The molecule has 6 heteroatoms. The zero-order valence-corrected chi connectivity index (χ0v) is 13.0. The molecule has 23 heavy (non-hydrogen) atoms. The maximum Gasteiger partial charge on any atom is 0.298 e. The lowest BCUT2D eigenvalue weighted by Crippen LogP contribution is -2.55. The van der Waals surface area contributed by atoms with Gasteiger partial charge in [-0.15, -0.1) is 0 Å². The molecule has 1 aromatic carbocycles. The molecule has 0 radical (unpaired) electrons. The number of piperidine rings is 1. The van der Waals surface area contributed by atoms with Crippen LogP contribution in [0.25, 0.3) is 11.1 Å². The molecule has 0 aliphatic carbocycles. The largest absolute Gasteiger partial charge is 0.423 e. The molecule has 2 saturated heterocycles. The number of rotatable bonds is 3. The average Bonchev–Trinajstić information content (AvgIpc) is 2.98. The third-order valence-electron chi connectivity index (χ3n) is 5.04. The van der Waals surface area contributed by atoms with Gasteiger partial charge in [0.1, 0.15) is 5.52 Å². The van der Waals surface area contributed by atoms with E-state index in [2.05, 4.69) is 9.88 Å². The number of amides is 1. The maximum absolute atomic E-state index is 12.5. The van der Waals surface area contributed by atoms with Gasteiger partial charge >= 0.3 is 0 Å². The number of aromatic nitrogens is 1. The number of oxazole rings is 1. The number of aliphatic hydroxyl groups is 1. The van der Waals surface area contributed by atoms with E-state index >= 15 is 0 Å². The first kappa shape index (κ1) is 14.5. The maximum atomic E-state index is 12.5. The van der Waals surface area contributed by atoms with Crippen LogP contribution in [0.5, 0.6) is 0 Å². The zero-order chi connectivity index (χ0) is 15.8. The molecule has 2 aromatic rings. The highest BCUT2D eigenvalue weighted by Gasteiger charge is 2.37.